The highest BCUT2D eigenvalue weighted by molar-refractivity contribution is 5.95. The molecule has 0 aliphatic carbocycles. The van der Waals surface area contributed by atoms with Crippen molar-refractivity contribution in [3.8, 4) is 5.69 Å². The van der Waals surface area contributed by atoms with Crippen molar-refractivity contribution in [1.29, 1.82) is 0 Å². The predicted molar refractivity (Wildman–Crippen MR) is 142 cm³/mol. The van der Waals surface area contributed by atoms with E-state index < -0.39 is 0 Å². The Hall–Kier alpha value is -3.41. The van der Waals surface area contributed by atoms with Crippen LogP contribution in [0.5, 0.6) is 0 Å². The number of nitrogens with zero attached hydrogens (tertiary/aromatic N) is 3. The maximum absolute atomic E-state index is 13.5. The van der Waals surface area contributed by atoms with E-state index in [2.05, 4.69) is 33.0 Å². The molecule has 6 nitrogen and oxygen atoms in total. The average molecular weight is 475 g/mol. The van der Waals surface area contributed by atoms with E-state index in [9.17, 15) is 9.59 Å². The highest BCUT2D eigenvalue weighted by Gasteiger charge is 2.27. The predicted octanol–water partition coefficient (Wildman–Crippen LogP) is 5.93. The third-order valence-corrected chi connectivity index (χ3v) is 6.08. The van der Waals surface area contributed by atoms with E-state index in [0.717, 1.165) is 29.8 Å². The summed E-state index contributed by atoms with van der Waals surface area (Å²) in [4.78, 5) is 28.5. The number of benzene rings is 2. The molecule has 0 fully saturated rings. The van der Waals surface area contributed by atoms with Gasteiger partial charge in [0, 0.05) is 18.0 Å². The number of hydrogen-bond acceptors (Lipinski definition) is 3. The van der Waals surface area contributed by atoms with Gasteiger partial charge in [-0.05, 0) is 30.5 Å². The van der Waals surface area contributed by atoms with Crippen LogP contribution in [0, 0.1) is 0 Å². The molecule has 6 heteroatoms. The van der Waals surface area contributed by atoms with Gasteiger partial charge in [0.1, 0.15) is 5.82 Å². The van der Waals surface area contributed by atoms with Crippen LogP contribution in [0.4, 0.5) is 5.82 Å². The van der Waals surface area contributed by atoms with Crippen LogP contribution in [-0.4, -0.2) is 39.6 Å². The van der Waals surface area contributed by atoms with E-state index >= 15 is 0 Å². The fourth-order valence-electron chi connectivity index (χ4n) is 4.03. The number of hydrogen-bond donors (Lipinski definition) is 1. The molecule has 1 aromatic heterocycles. The first-order chi connectivity index (χ1) is 16.7. The van der Waals surface area contributed by atoms with Crippen molar-refractivity contribution < 1.29 is 9.59 Å². The third-order valence-electron chi connectivity index (χ3n) is 6.08. The van der Waals surface area contributed by atoms with Crippen LogP contribution in [0.2, 0.25) is 0 Å². The van der Waals surface area contributed by atoms with Gasteiger partial charge in [-0.25, -0.2) is 4.68 Å². The summed E-state index contributed by atoms with van der Waals surface area (Å²) in [5.41, 5.74) is 2.56. The third kappa shape index (κ3) is 6.81. The number of amides is 2. The molecule has 1 heterocycles. The lowest BCUT2D eigenvalue weighted by atomic mass is 9.92. The van der Waals surface area contributed by atoms with Crippen molar-refractivity contribution in [2.45, 2.75) is 65.2 Å². The molecule has 2 aromatic carbocycles. The number of unbranched alkanes of at least 4 members (excludes halogenated alkanes) is 1. The Morgan fingerprint density at radius 1 is 1.00 bits per heavy atom. The summed E-state index contributed by atoms with van der Waals surface area (Å²) in [5.74, 6) is 0.108. The average Bonchev–Trinajstić information content (AvgIpc) is 3.27. The first-order valence-corrected chi connectivity index (χ1v) is 12.5. The van der Waals surface area contributed by atoms with Gasteiger partial charge in [-0.15, -0.1) is 0 Å². The highest BCUT2D eigenvalue weighted by atomic mass is 16.2. The lowest BCUT2D eigenvalue weighted by Crippen LogP contribution is -2.41. The minimum Gasteiger partial charge on any atom is -0.333 e. The van der Waals surface area contributed by atoms with Crippen molar-refractivity contribution in [2.24, 2.45) is 0 Å². The van der Waals surface area contributed by atoms with Gasteiger partial charge in [-0.3, -0.25) is 9.59 Å². The lowest BCUT2D eigenvalue weighted by Gasteiger charge is -2.27. The molecule has 0 aliphatic rings. The van der Waals surface area contributed by atoms with Crippen LogP contribution >= 0.6 is 0 Å². The zero-order valence-electron chi connectivity index (χ0n) is 21.6. The Balaban J connectivity index is 1.83. The Kier molecular flexibility index (Phi) is 8.85. The van der Waals surface area contributed by atoms with E-state index in [-0.39, 0.29) is 29.7 Å². The first kappa shape index (κ1) is 26.2. The van der Waals surface area contributed by atoms with Gasteiger partial charge in [-0.2, -0.15) is 5.10 Å². The fraction of sp³-hybridized carbons (Fsp3) is 0.414. The molecular weight excluding hydrogens is 436 g/mol. The molecule has 1 unspecified atom stereocenters. The summed E-state index contributed by atoms with van der Waals surface area (Å²) in [7, 11) is 0. The van der Waals surface area contributed by atoms with E-state index in [1.54, 1.807) is 9.58 Å². The number of para-hydroxylation sites is 1. The molecule has 0 bridgehead atoms. The summed E-state index contributed by atoms with van der Waals surface area (Å²) < 4.78 is 1.76. The standard InChI is InChI=1S/C29H38N4O2/c1-6-8-19-32(28(35)24(7-2)22-15-11-9-12-16-22)21-27(34)30-26-20-25(29(3,4)5)31-33(26)23-17-13-10-14-18-23/h9-18,20,24H,6-8,19,21H2,1-5H3,(H,30,34). The second kappa shape index (κ2) is 11.8. The quantitative estimate of drug-likeness (QED) is 0.396. The van der Waals surface area contributed by atoms with Crippen LogP contribution in [0.1, 0.15) is 71.1 Å². The molecule has 2 amide bonds. The zero-order valence-corrected chi connectivity index (χ0v) is 21.6. The number of nitrogens with one attached hydrogen (secondary N) is 1. The van der Waals surface area contributed by atoms with Gasteiger partial charge in [-0.1, -0.05) is 89.6 Å². The second-order valence-corrected chi connectivity index (χ2v) is 9.95. The van der Waals surface area contributed by atoms with Crippen molar-refractivity contribution in [2.75, 3.05) is 18.4 Å². The molecule has 0 saturated carbocycles. The molecule has 0 radical (unpaired) electrons. The molecule has 186 valence electrons. The minimum atomic E-state index is -0.261. The van der Waals surface area contributed by atoms with Gasteiger partial charge in [0.2, 0.25) is 11.8 Å². The Morgan fingerprint density at radius 2 is 1.63 bits per heavy atom. The zero-order chi connectivity index (χ0) is 25.4. The molecule has 3 aromatic rings. The van der Waals surface area contributed by atoms with Gasteiger partial charge >= 0.3 is 0 Å². The number of anilines is 1. The van der Waals surface area contributed by atoms with Crippen LogP contribution in [0.3, 0.4) is 0 Å². The van der Waals surface area contributed by atoms with Gasteiger partial charge in [0.15, 0.2) is 0 Å². The normalized spacial score (nSPS) is 12.3. The highest BCUT2D eigenvalue weighted by Crippen LogP contribution is 2.27. The maximum Gasteiger partial charge on any atom is 0.245 e. The van der Waals surface area contributed by atoms with Crippen molar-refractivity contribution in [3.05, 3.63) is 78.0 Å². The molecule has 1 N–H and O–H groups in total. The molecule has 3 rings (SSSR count). The van der Waals surface area contributed by atoms with Crippen molar-refractivity contribution >= 4 is 17.6 Å². The van der Waals surface area contributed by atoms with E-state index in [4.69, 9.17) is 5.10 Å². The second-order valence-electron chi connectivity index (χ2n) is 9.95. The first-order valence-electron chi connectivity index (χ1n) is 12.5. The summed E-state index contributed by atoms with van der Waals surface area (Å²) in [5, 5.41) is 7.80. The summed E-state index contributed by atoms with van der Waals surface area (Å²) in [6.45, 7) is 10.9. The summed E-state index contributed by atoms with van der Waals surface area (Å²) >= 11 is 0. The van der Waals surface area contributed by atoms with Crippen LogP contribution in [0.15, 0.2) is 66.7 Å². The number of rotatable bonds is 10. The lowest BCUT2D eigenvalue weighted by molar-refractivity contribution is -0.136. The molecule has 0 saturated heterocycles. The van der Waals surface area contributed by atoms with Gasteiger partial charge < -0.3 is 10.2 Å². The van der Waals surface area contributed by atoms with E-state index in [1.807, 2.05) is 73.7 Å². The molecule has 1 atom stereocenters. The SMILES string of the molecule is CCCCN(CC(=O)Nc1cc(C(C)(C)C)nn1-c1ccccc1)C(=O)C(CC)c1ccccc1. The summed E-state index contributed by atoms with van der Waals surface area (Å²) in [6.07, 6.45) is 2.48. The van der Waals surface area contributed by atoms with Crippen LogP contribution < -0.4 is 5.32 Å². The smallest absolute Gasteiger partial charge is 0.245 e. The fourth-order valence-corrected chi connectivity index (χ4v) is 4.03. The maximum atomic E-state index is 13.5. The van der Waals surface area contributed by atoms with Crippen molar-refractivity contribution in [1.82, 2.24) is 14.7 Å². The minimum absolute atomic E-state index is 0.00533. The molecular formula is C29H38N4O2. The monoisotopic (exact) mass is 474 g/mol. The van der Waals surface area contributed by atoms with Crippen LogP contribution in [-0.2, 0) is 15.0 Å². The summed E-state index contributed by atoms with van der Waals surface area (Å²) in [6, 6.07) is 21.5. The largest absolute Gasteiger partial charge is 0.333 e. The Morgan fingerprint density at radius 3 is 2.20 bits per heavy atom. The Labute approximate surface area is 209 Å². The van der Waals surface area contributed by atoms with Crippen molar-refractivity contribution in [3.63, 3.8) is 0 Å². The number of carbonyl (C=O) groups is 2. The van der Waals surface area contributed by atoms with Gasteiger partial charge in [0.25, 0.3) is 0 Å². The molecule has 35 heavy (non-hydrogen) atoms. The number of aromatic nitrogens is 2. The van der Waals surface area contributed by atoms with Crippen LogP contribution in [0.25, 0.3) is 5.69 Å². The Bertz CT molecular complexity index is 1100. The molecule has 0 aliphatic heterocycles. The van der Waals surface area contributed by atoms with Gasteiger partial charge in [0.05, 0.1) is 23.8 Å². The van der Waals surface area contributed by atoms with E-state index in [1.165, 1.54) is 0 Å². The number of carbonyl (C=O) groups excluding carboxylic acids is 2. The van der Waals surface area contributed by atoms with E-state index in [0.29, 0.717) is 18.8 Å². The topological polar surface area (TPSA) is 67.2 Å². The molecule has 0 spiro atoms.